The maximum atomic E-state index is 12.5. The molecule has 0 saturated heterocycles. The molecule has 0 amide bonds. The van der Waals surface area contributed by atoms with E-state index in [1.807, 2.05) is 0 Å². The lowest BCUT2D eigenvalue weighted by molar-refractivity contribution is -0.137. The number of hydrogen-bond donors (Lipinski definition) is 2. The summed E-state index contributed by atoms with van der Waals surface area (Å²) in [5, 5.41) is 11.2. The first kappa shape index (κ1) is 14.3. The van der Waals surface area contributed by atoms with Crippen molar-refractivity contribution in [3.05, 3.63) is 35.4 Å². The number of nitrogens with two attached hydrogens (primary N) is 1. The Kier molecular flexibility index (Phi) is 4.55. The van der Waals surface area contributed by atoms with Crippen molar-refractivity contribution in [1.82, 2.24) is 4.90 Å². The second-order valence-corrected chi connectivity index (χ2v) is 3.96. The Morgan fingerprint density at radius 2 is 2.11 bits per heavy atom. The third-order valence-electron chi connectivity index (χ3n) is 2.27. The van der Waals surface area contributed by atoms with Gasteiger partial charge in [0.1, 0.15) is 0 Å². The van der Waals surface area contributed by atoms with Gasteiger partial charge in [-0.15, -0.1) is 0 Å². The highest BCUT2D eigenvalue weighted by Crippen LogP contribution is 2.29. The third kappa shape index (κ3) is 4.25. The third-order valence-corrected chi connectivity index (χ3v) is 2.27. The summed E-state index contributed by atoms with van der Waals surface area (Å²) in [6, 6.07) is 5.06. The Balaban J connectivity index is 2.74. The van der Waals surface area contributed by atoms with Crippen LogP contribution >= 0.6 is 0 Å². The van der Waals surface area contributed by atoms with Crippen LogP contribution in [0.1, 0.15) is 11.1 Å². The van der Waals surface area contributed by atoms with Crippen molar-refractivity contribution in [2.75, 3.05) is 13.6 Å². The fraction of sp³-hybridized carbons (Fsp3) is 0.364. The lowest BCUT2D eigenvalue weighted by Crippen LogP contribution is -2.30. The van der Waals surface area contributed by atoms with Gasteiger partial charge in [-0.05, 0) is 18.7 Å². The molecular weight excluding hydrogens is 247 g/mol. The molecule has 0 aliphatic rings. The average Bonchev–Trinajstić information content (AvgIpc) is 2.27. The first-order valence-electron chi connectivity index (χ1n) is 5.14. The minimum atomic E-state index is -4.35. The first-order chi connectivity index (χ1) is 8.32. The summed E-state index contributed by atoms with van der Waals surface area (Å²) in [6.45, 7) is 0.451. The molecular formula is C11H14F3N3O. The average molecular weight is 261 g/mol. The van der Waals surface area contributed by atoms with Crippen molar-refractivity contribution in [2.45, 2.75) is 12.7 Å². The van der Waals surface area contributed by atoms with Crippen LogP contribution in [-0.2, 0) is 12.7 Å². The maximum Gasteiger partial charge on any atom is 0.416 e. The van der Waals surface area contributed by atoms with Crippen molar-refractivity contribution in [3.63, 3.8) is 0 Å². The summed E-state index contributed by atoms with van der Waals surface area (Å²) in [5.41, 5.74) is 5.13. The van der Waals surface area contributed by atoms with Gasteiger partial charge in [0.2, 0.25) is 0 Å². The van der Waals surface area contributed by atoms with E-state index in [1.54, 1.807) is 18.0 Å². The van der Waals surface area contributed by atoms with Crippen LogP contribution in [0.25, 0.3) is 0 Å². The largest absolute Gasteiger partial charge is 0.416 e. The molecule has 0 fully saturated rings. The van der Waals surface area contributed by atoms with Gasteiger partial charge >= 0.3 is 6.18 Å². The Hall–Kier alpha value is -1.76. The Bertz CT molecular complexity index is 432. The summed E-state index contributed by atoms with van der Waals surface area (Å²) in [7, 11) is 1.66. The number of alkyl halides is 3. The summed E-state index contributed by atoms with van der Waals surface area (Å²) in [4.78, 5) is 1.64. The highest BCUT2D eigenvalue weighted by atomic mass is 19.4. The van der Waals surface area contributed by atoms with E-state index in [1.165, 1.54) is 6.07 Å². The molecule has 3 N–H and O–H groups in total. The molecule has 0 aliphatic carbocycles. The van der Waals surface area contributed by atoms with Gasteiger partial charge in [0.15, 0.2) is 5.84 Å². The van der Waals surface area contributed by atoms with Gasteiger partial charge in [-0.3, -0.25) is 4.90 Å². The topological polar surface area (TPSA) is 61.8 Å². The van der Waals surface area contributed by atoms with Crippen LogP contribution in [0.3, 0.4) is 0 Å². The van der Waals surface area contributed by atoms with Crippen LogP contribution in [-0.4, -0.2) is 29.5 Å². The molecule has 0 spiro atoms. The molecule has 0 bridgehead atoms. The molecule has 0 radical (unpaired) electrons. The molecule has 1 rings (SSSR count). The first-order valence-corrected chi connectivity index (χ1v) is 5.14. The molecule has 0 saturated carbocycles. The van der Waals surface area contributed by atoms with Crippen molar-refractivity contribution in [3.8, 4) is 0 Å². The van der Waals surface area contributed by atoms with Crippen molar-refractivity contribution >= 4 is 5.84 Å². The molecule has 7 heteroatoms. The number of rotatable bonds is 4. The minimum Gasteiger partial charge on any atom is -0.409 e. The summed E-state index contributed by atoms with van der Waals surface area (Å²) in [6.07, 6.45) is -4.35. The molecule has 1 aromatic rings. The number of nitrogens with zero attached hydrogens (tertiary/aromatic N) is 2. The predicted molar refractivity (Wildman–Crippen MR) is 61.2 cm³/mol. The van der Waals surface area contributed by atoms with Gasteiger partial charge < -0.3 is 10.9 Å². The molecule has 0 heterocycles. The summed E-state index contributed by atoms with van der Waals surface area (Å²) >= 11 is 0. The molecule has 0 aliphatic heterocycles. The van der Waals surface area contributed by atoms with Crippen LogP contribution in [0.4, 0.5) is 13.2 Å². The fourth-order valence-corrected chi connectivity index (χ4v) is 1.52. The number of amidine groups is 1. The van der Waals surface area contributed by atoms with Crippen molar-refractivity contribution in [1.29, 1.82) is 0 Å². The van der Waals surface area contributed by atoms with E-state index in [4.69, 9.17) is 10.9 Å². The molecule has 0 unspecified atom stereocenters. The molecule has 0 aromatic heterocycles. The van der Waals surface area contributed by atoms with E-state index in [0.717, 1.165) is 12.1 Å². The zero-order valence-electron chi connectivity index (χ0n) is 9.78. The molecule has 100 valence electrons. The van der Waals surface area contributed by atoms with E-state index in [2.05, 4.69) is 5.16 Å². The van der Waals surface area contributed by atoms with Crippen LogP contribution in [0.2, 0.25) is 0 Å². The Morgan fingerprint density at radius 3 is 2.67 bits per heavy atom. The highest BCUT2D eigenvalue weighted by Gasteiger charge is 2.30. The van der Waals surface area contributed by atoms with Crippen LogP contribution in [0.15, 0.2) is 29.4 Å². The van der Waals surface area contributed by atoms with Gasteiger partial charge in [0.25, 0.3) is 0 Å². The van der Waals surface area contributed by atoms with Crippen molar-refractivity contribution in [2.24, 2.45) is 10.9 Å². The van der Waals surface area contributed by atoms with E-state index in [9.17, 15) is 13.2 Å². The highest BCUT2D eigenvalue weighted by molar-refractivity contribution is 5.81. The number of hydrogen-bond acceptors (Lipinski definition) is 3. The van der Waals surface area contributed by atoms with Crippen LogP contribution in [0, 0.1) is 0 Å². The quantitative estimate of drug-likeness (QED) is 0.376. The number of halogens is 3. The summed E-state index contributed by atoms with van der Waals surface area (Å²) < 4.78 is 37.5. The Labute approximate surface area is 102 Å². The second kappa shape index (κ2) is 5.72. The predicted octanol–water partition coefficient (Wildman–Crippen LogP) is 1.88. The van der Waals surface area contributed by atoms with Gasteiger partial charge in [-0.2, -0.15) is 13.2 Å². The second-order valence-electron chi connectivity index (χ2n) is 3.96. The van der Waals surface area contributed by atoms with Gasteiger partial charge in [-0.1, -0.05) is 23.4 Å². The van der Waals surface area contributed by atoms with Crippen molar-refractivity contribution < 1.29 is 18.4 Å². The molecule has 18 heavy (non-hydrogen) atoms. The van der Waals surface area contributed by atoms with E-state index in [0.29, 0.717) is 5.56 Å². The van der Waals surface area contributed by atoms with Gasteiger partial charge in [-0.25, -0.2) is 0 Å². The van der Waals surface area contributed by atoms with Gasteiger partial charge in [0, 0.05) is 6.54 Å². The maximum absolute atomic E-state index is 12.5. The number of benzene rings is 1. The summed E-state index contributed by atoms with van der Waals surface area (Å²) in [5.74, 6) is 0.00414. The fourth-order valence-electron chi connectivity index (χ4n) is 1.52. The zero-order valence-corrected chi connectivity index (χ0v) is 9.78. The van der Waals surface area contributed by atoms with Crippen LogP contribution < -0.4 is 5.73 Å². The van der Waals surface area contributed by atoms with Gasteiger partial charge in [0.05, 0.1) is 12.1 Å². The lowest BCUT2D eigenvalue weighted by atomic mass is 10.1. The number of oxime groups is 1. The number of likely N-dealkylation sites (N-methyl/N-ethyl adjacent to an activating group) is 1. The van der Waals surface area contributed by atoms with E-state index in [-0.39, 0.29) is 18.9 Å². The smallest absolute Gasteiger partial charge is 0.409 e. The molecule has 1 aromatic carbocycles. The monoisotopic (exact) mass is 261 g/mol. The molecule has 4 nitrogen and oxygen atoms in total. The SMILES string of the molecule is CN(C/C(N)=N/O)Cc1cccc(C(F)(F)F)c1. The lowest BCUT2D eigenvalue weighted by Gasteiger charge is -2.16. The Morgan fingerprint density at radius 1 is 1.44 bits per heavy atom. The normalized spacial score (nSPS) is 13.1. The standard InChI is InChI=1S/C11H14F3N3O/c1-17(7-10(15)16-18)6-8-3-2-4-9(5-8)11(12,13)14/h2-5,18H,6-7H2,1H3,(H2,15,16). The molecule has 0 atom stereocenters. The minimum absolute atomic E-state index is 0.00414. The van der Waals surface area contributed by atoms with E-state index >= 15 is 0 Å². The van der Waals surface area contributed by atoms with E-state index < -0.39 is 11.7 Å². The zero-order chi connectivity index (χ0) is 13.8. The van der Waals surface area contributed by atoms with Crippen LogP contribution in [0.5, 0.6) is 0 Å².